The van der Waals surface area contributed by atoms with Crippen LogP contribution in [0, 0.1) is 5.92 Å². The highest BCUT2D eigenvalue weighted by Gasteiger charge is 2.17. The van der Waals surface area contributed by atoms with Crippen molar-refractivity contribution in [1.29, 1.82) is 0 Å². The minimum atomic E-state index is -0.128. The summed E-state index contributed by atoms with van der Waals surface area (Å²) < 4.78 is 1.81. The van der Waals surface area contributed by atoms with Gasteiger partial charge in [-0.2, -0.15) is 5.10 Å². The maximum absolute atomic E-state index is 12.5. The van der Waals surface area contributed by atoms with Gasteiger partial charge in [0.2, 0.25) is 0 Å². The number of unbranched alkanes of at least 4 members (excludes halogenated alkanes) is 2. The molecule has 5 nitrogen and oxygen atoms in total. The Morgan fingerprint density at radius 3 is 2.96 bits per heavy atom. The van der Waals surface area contributed by atoms with Gasteiger partial charge in [0.25, 0.3) is 5.91 Å². The fourth-order valence-electron chi connectivity index (χ4n) is 2.25. The van der Waals surface area contributed by atoms with Crippen molar-refractivity contribution in [2.75, 3.05) is 13.2 Å². The summed E-state index contributed by atoms with van der Waals surface area (Å²) in [5, 5.41) is 18.6. The maximum Gasteiger partial charge on any atom is 0.269 e. The zero-order chi connectivity index (χ0) is 16.7. The predicted octanol–water partition coefficient (Wildman–Crippen LogP) is 3.16. The van der Waals surface area contributed by atoms with E-state index in [2.05, 4.69) is 17.3 Å². The van der Waals surface area contributed by atoms with Crippen molar-refractivity contribution in [3.8, 4) is 10.6 Å². The Morgan fingerprint density at radius 2 is 2.30 bits per heavy atom. The SMILES string of the molecule is CCCCCn1nc(-c2cccs2)cc1C(=O)NCC(C)CO. The lowest BCUT2D eigenvalue weighted by molar-refractivity contribution is 0.0931. The third-order valence-corrected chi connectivity index (χ3v) is 4.57. The lowest BCUT2D eigenvalue weighted by Gasteiger charge is -2.11. The number of aryl methyl sites for hydroxylation is 1. The largest absolute Gasteiger partial charge is 0.396 e. The number of carbonyl (C=O) groups is 1. The predicted molar refractivity (Wildman–Crippen MR) is 93.6 cm³/mol. The highest BCUT2D eigenvalue weighted by atomic mass is 32.1. The number of carbonyl (C=O) groups excluding carboxylic acids is 1. The zero-order valence-corrected chi connectivity index (χ0v) is 14.6. The van der Waals surface area contributed by atoms with Gasteiger partial charge in [0.15, 0.2) is 0 Å². The van der Waals surface area contributed by atoms with Crippen LogP contribution in [-0.4, -0.2) is 33.9 Å². The summed E-state index contributed by atoms with van der Waals surface area (Å²) in [5.41, 5.74) is 1.44. The molecule has 2 rings (SSSR count). The zero-order valence-electron chi connectivity index (χ0n) is 13.8. The van der Waals surface area contributed by atoms with Crippen molar-refractivity contribution >= 4 is 17.2 Å². The van der Waals surface area contributed by atoms with E-state index in [9.17, 15) is 4.79 Å². The van der Waals surface area contributed by atoms with Gasteiger partial charge in [-0.3, -0.25) is 9.48 Å². The normalized spacial score (nSPS) is 12.3. The van der Waals surface area contributed by atoms with E-state index in [1.54, 1.807) is 11.3 Å². The van der Waals surface area contributed by atoms with Gasteiger partial charge in [-0.05, 0) is 29.9 Å². The van der Waals surface area contributed by atoms with Crippen LogP contribution in [0.5, 0.6) is 0 Å². The molecule has 0 fully saturated rings. The van der Waals surface area contributed by atoms with Crippen LogP contribution in [0.1, 0.15) is 43.6 Å². The Kier molecular flexibility index (Phi) is 6.80. The lowest BCUT2D eigenvalue weighted by atomic mass is 10.2. The average Bonchev–Trinajstić information content (AvgIpc) is 3.21. The molecule has 0 bridgehead atoms. The molecule has 0 spiro atoms. The second-order valence-electron chi connectivity index (χ2n) is 5.82. The summed E-state index contributed by atoms with van der Waals surface area (Å²) in [6.45, 7) is 5.33. The molecule has 2 aromatic heterocycles. The molecule has 0 aromatic carbocycles. The van der Waals surface area contributed by atoms with Crippen LogP contribution < -0.4 is 5.32 Å². The van der Waals surface area contributed by atoms with Crippen molar-refractivity contribution in [2.45, 2.75) is 39.7 Å². The summed E-state index contributed by atoms with van der Waals surface area (Å²) >= 11 is 1.62. The molecule has 23 heavy (non-hydrogen) atoms. The molecule has 0 aliphatic rings. The van der Waals surface area contributed by atoms with E-state index in [-0.39, 0.29) is 18.4 Å². The number of aliphatic hydroxyl groups excluding tert-OH is 1. The van der Waals surface area contributed by atoms with E-state index in [0.29, 0.717) is 12.2 Å². The first-order valence-corrected chi connectivity index (χ1v) is 9.04. The number of amides is 1. The first kappa shape index (κ1) is 17.7. The number of aromatic nitrogens is 2. The molecule has 2 N–H and O–H groups in total. The molecule has 2 aromatic rings. The maximum atomic E-state index is 12.5. The molecule has 0 saturated carbocycles. The smallest absolute Gasteiger partial charge is 0.269 e. The standard InChI is InChI=1S/C17H25N3O2S/c1-3-4-5-8-20-15(17(22)18-11-13(2)12-21)10-14(19-20)16-7-6-9-23-16/h6-7,9-10,13,21H,3-5,8,11-12H2,1-2H3,(H,18,22). The first-order chi connectivity index (χ1) is 11.2. The Labute approximate surface area is 141 Å². The lowest BCUT2D eigenvalue weighted by Crippen LogP contribution is -2.31. The van der Waals surface area contributed by atoms with E-state index in [4.69, 9.17) is 5.11 Å². The molecule has 0 aliphatic carbocycles. The van der Waals surface area contributed by atoms with Gasteiger partial charge in [0.1, 0.15) is 11.4 Å². The molecule has 6 heteroatoms. The van der Waals surface area contributed by atoms with Crippen LogP contribution in [0.3, 0.4) is 0 Å². The molecular weight excluding hydrogens is 310 g/mol. The van der Waals surface area contributed by atoms with Crippen molar-refractivity contribution in [3.63, 3.8) is 0 Å². The van der Waals surface area contributed by atoms with Gasteiger partial charge in [0, 0.05) is 19.7 Å². The Balaban J connectivity index is 2.15. The summed E-state index contributed by atoms with van der Waals surface area (Å²) in [6, 6.07) is 5.86. The highest BCUT2D eigenvalue weighted by Crippen LogP contribution is 2.24. The molecule has 1 amide bonds. The van der Waals surface area contributed by atoms with Gasteiger partial charge in [-0.25, -0.2) is 0 Å². The highest BCUT2D eigenvalue weighted by molar-refractivity contribution is 7.13. The van der Waals surface area contributed by atoms with Crippen LogP contribution in [0.2, 0.25) is 0 Å². The van der Waals surface area contributed by atoms with Crippen molar-refractivity contribution in [1.82, 2.24) is 15.1 Å². The van der Waals surface area contributed by atoms with E-state index >= 15 is 0 Å². The third-order valence-electron chi connectivity index (χ3n) is 3.68. The molecule has 126 valence electrons. The van der Waals surface area contributed by atoms with Crippen LogP contribution in [0.25, 0.3) is 10.6 Å². The van der Waals surface area contributed by atoms with E-state index in [1.807, 2.05) is 35.2 Å². The number of aliphatic hydroxyl groups is 1. The van der Waals surface area contributed by atoms with Gasteiger partial charge in [-0.1, -0.05) is 32.8 Å². The minimum absolute atomic E-state index is 0.0483. The number of rotatable bonds is 9. The second-order valence-corrected chi connectivity index (χ2v) is 6.77. The molecule has 2 heterocycles. The summed E-state index contributed by atoms with van der Waals surface area (Å²) in [6.07, 6.45) is 3.26. The molecule has 0 saturated heterocycles. The Hall–Kier alpha value is -1.66. The number of nitrogens with zero attached hydrogens (tertiary/aromatic N) is 2. The number of thiophene rings is 1. The third kappa shape index (κ3) is 4.91. The summed E-state index contributed by atoms with van der Waals surface area (Å²) in [4.78, 5) is 13.5. The fraction of sp³-hybridized carbons (Fsp3) is 0.529. The van der Waals surface area contributed by atoms with Crippen LogP contribution >= 0.6 is 11.3 Å². The molecular formula is C17H25N3O2S. The first-order valence-electron chi connectivity index (χ1n) is 8.16. The number of hydrogen-bond acceptors (Lipinski definition) is 4. The van der Waals surface area contributed by atoms with Crippen LogP contribution in [0.15, 0.2) is 23.6 Å². The van der Waals surface area contributed by atoms with Gasteiger partial charge in [0.05, 0.1) is 4.88 Å². The van der Waals surface area contributed by atoms with Crippen molar-refractivity contribution < 1.29 is 9.90 Å². The summed E-state index contributed by atoms with van der Waals surface area (Å²) in [7, 11) is 0. The molecule has 0 aliphatic heterocycles. The summed E-state index contributed by atoms with van der Waals surface area (Å²) in [5.74, 6) is -0.0794. The van der Waals surface area contributed by atoms with Gasteiger partial charge in [-0.15, -0.1) is 11.3 Å². The van der Waals surface area contributed by atoms with E-state index in [0.717, 1.165) is 36.4 Å². The Morgan fingerprint density at radius 1 is 1.48 bits per heavy atom. The molecule has 0 radical (unpaired) electrons. The van der Waals surface area contributed by atoms with Crippen molar-refractivity contribution in [2.24, 2.45) is 5.92 Å². The van der Waals surface area contributed by atoms with Gasteiger partial charge < -0.3 is 10.4 Å². The molecule has 1 unspecified atom stereocenters. The van der Waals surface area contributed by atoms with Crippen LogP contribution in [0.4, 0.5) is 0 Å². The van der Waals surface area contributed by atoms with Crippen molar-refractivity contribution in [3.05, 3.63) is 29.3 Å². The van der Waals surface area contributed by atoms with E-state index < -0.39 is 0 Å². The quantitative estimate of drug-likeness (QED) is 0.692. The average molecular weight is 335 g/mol. The van der Waals surface area contributed by atoms with Crippen LogP contribution in [-0.2, 0) is 6.54 Å². The van der Waals surface area contributed by atoms with Gasteiger partial charge >= 0.3 is 0 Å². The fourth-order valence-corrected chi connectivity index (χ4v) is 2.93. The topological polar surface area (TPSA) is 67.2 Å². The number of nitrogens with one attached hydrogen (secondary N) is 1. The monoisotopic (exact) mass is 335 g/mol. The minimum Gasteiger partial charge on any atom is -0.396 e. The Bertz CT molecular complexity index is 607. The second kappa shape index (κ2) is 8.84. The number of hydrogen-bond donors (Lipinski definition) is 2. The molecule has 1 atom stereocenters. The van der Waals surface area contributed by atoms with E-state index in [1.165, 1.54) is 0 Å².